The van der Waals surface area contributed by atoms with Crippen LogP contribution in [0, 0.1) is 23.1 Å². The third-order valence-corrected chi connectivity index (χ3v) is 6.88. The molecule has 170 valence electrons. The summed E-state index contributed by atoms with van der Waals surface area (Å²) in [5.41, 5.74) is 0.0198. The molecule has 1 aliphatic carbocycles. The van der Waals surface area contributed by atoms with Crippen LogP contribution in [0.25, 0.3) is 0 Å². The van der Waals surface area contributed by atoms with Crippen molar-refractivity contribution in [3.05, 3.63) is 59.2 Å². The summed E-state index contributed by atoms with van der Waals surface area (Å²) in [4.78, 5) is 32.4. The maximum Gasteiger partial charge on any atom is 0.410 e. The summed E-state index contributed by atoms with van der Waals surface area (Å²) in [6.07, 6.45) is 0.920. The zero-order chi connectivity index (χ0) is 23.6. The number of amides is 2. The van der Waals surface area contributed by atoms with Gasteiger partial charge in [0.05, 0.1) is 17.2 Å². The highest BCUT2D eigenvalue weighted by Crippen LogP contribution is 2.52. The van der Waals surface area contributed by atoms with Gasteiger partial charge in [-0.25, -0.2) is 14.2 Å². The van der Waals surface area contributed by atoms with Crippen LogP contribution in [-0.2, 0) is 10.3 Å². The van der Waals surface area contributed by atoms with Crippen LogP contribution in [0.1, 0.15) is 34.5 Å². The molecule has 1 aromatic carbocycles. The Morgan fingerprint density at radius 1 is 1.33 bits per heavy atom. The Morgan fingerprint density at radius 3 is 2.82 bits per heavy atom. The van der Waals surface area contributed by atoms with Crippen molar-refractivity contribution in [1.82, 2.24) is 10.3 Å². The lowest BCUT2D eigenvalue weighted by atomic mass is 9.81. The molecule has 4 rings (SSSR count). The molecule has 2 amide bonds. The first-order valence-corrected chi connectivity index (χ1v) is 11.1. The van der Waals surface area contributed by atoms with Gasteiger partial charge in [-0.3, -0.25) is 15.1 Å². The van der Waals surface area contributed by atoms with Gasteiger partial charge in [0.25, 0.3) is 5.91 Å². The number of aliphatic imine (C=N–C) groups is 1. The zero-order valence-electron chi connectivity index (χ0n) is 17.5. The molecular formula is C22H20FN5O4S. The molecule has 2 aliphatic rings. The predicted molar refractivity (Wildman–Crippen MR) is 120 cm³/mol. The van der Waals surface area contributed by atoms with Crippen LogP contribution in [0.4, 0.5) is 14.9 Å². The molecule has 1 aromatic heterocycles. The third kappa shape index (κ3) is 4.53. The highest BCUT2D eigenvalue weighted by atomic mass is 32.2. The zero-order valence-corrected chi connectivity index (χ0v) is 18.4. The SMILES string of the molecule is CO[C@H]1C[C@H]2CSC(NC(=O)O)=N[C@@]2(c2cc(NC(=O)c3ccc(C#N)cn3)ccc2F)C1. The van der Waals surface area contributed by atoms with Crippen molar-refractivity contribution in [3.8, 4) is 6.07 Å². The van der Waals surface area contributed by atoms with E-state index < -0.39 is 23.4 Å². The van der Waals surface area contributed by atoms with Gasteiger partial charge in [-0.05, 0) is 36.8 Å². The molecule has 0 bridgehead atoms. The van der Waals surface area contributed by atoms with Crippen molar-refractivity contribution in [3.63, 3.8) is 0 Å². The summed E-state index contributed by atoms with van der Waals surface area (Å²) in [7, 11) is 1.58. The van der Waals surface area contributed by atoms with Gasteiger partial charge in [-0.15, -0.1) is 0 Å². The Kier molecular flexibility index (Phi) is 6.31. The number of nitrogens with zero attached hydrogens (tertiary/aromatic N) is 3. The molecule has 3 N–H and O–H groups in total. The van der Waals surface area contributed by atoms with Crippen molar-refractivity contribution in [2.24, 2.45) is 10.9 Å². The minimum atomic E-state index is -1.24. The van der Waals surface area contributed by atoms with E-state index in [1.807, 2.05) is 6.07 Å². The number of carboxylic acid groups (broad SMARTS) is 1. The summed E-state index contributed by atoms with van der Waals surface area (Å²) >= 11 is 1.27. The van der Waals surface area contributed by atoms with Crippen molar-refractivity contribution < 1.29 is 23.8 Å². The number of nitriles is 1. The Bertz CT molecular complexity index is 1170. The number of anilines is 1. The lowest BCUT2D eigenvalue weighted by Crippen LogP contribution is -2.40. The number of thioether (sulfide) groups is 1. The number of rotatable bonds is 4. The number of fused-ring (bicyclic) bond motifs is 1. The lowest BCUT2D eigenvalue weighted by Gasteiger charge is -2.36. The lowest BCUT2D eigenvalue weighted by molar-refractivity contribution is 0.101. The van der Waals surface area contributed by atoms with Crippen molar-refractivity contribution in [2.45, 2.75) is 24.5 Å². The highest BCUT2D eigenvalue weighted by Gasteiger charge is 2.52. The highest BCUT2D eigenvalue weighted by molar-refractivity contribution is 8.13. The number of aromatic nitrogens is 1. The number of hydrogen-bond acceptors (Lipinski definition) is 7. The van der Waals surface area contributed by atoms with Crippen LogP contribution in [0.2, 0.25) is 0 Å². The molecular weight excluding hydrogens is 449 g/mol. The molecule has 1 saturated carbocycles. The average Bonchev–Trinajstić information content (AvgIpc) is 3.19. The van der Waals surface area contributed by atoms with E-state index in [9.17, 15) is 9.59 Å². The predicted octanol–water partition coefficient (Wildman–Crippen LogP) is 3.34. The Hall–Kier alpha value is -3.49. The number of halogens is 1. The number of carbonyl (C=O) groups is 2. The van der Waals surface area contributed by atoms with Gasteiger partial charge in [-0.2, -0.15) is 5.26 Å². The molecule has 9 nitrogen and oxygen atoms in total. The summed E-state index contributed by atoms with van der Waals surface area (Å²) in [5.74, 6) is -0.545. The molecule has 3 atom stereocenters. The summed E-state index contributed by atoms with van der Waals surface area (Å²) in [6.45, 7) is 0. The van der Waals surface area contributed by atoms with E-state index in [-0.39, 0.29) is 28.4 Å². The van der Waals surface area contributed by atoms with Gasteiger partial charge < -0.3 is 15.2 Å². The summed E-state index contributed by atoms with van der Waals surface area (Å²) in [6, 6.07) is 9.07. The van der Waals surface area contributed by atoms with E-state index in [1.54, 1.807) is 7.11 Å². The largest absolute Gasteiger partial charge is 0.465 e. The molecule has 2 aromatic rings. The van der Waals surface area contributed by atoms with Crippen LogP contribution >= 0.6 is 11.8 Å². The van der Waals surface area contributed by atoms with Gasteiger partial charge in [-0.1, -0.05) is 11.8 Å². The Balaban J connectivity index is 1.69. The van der Waals surface area contributed by atoms with Gasteiger partial charge in [0, 0.05) is 42.6 Å². The fraction of sp³-hybridized carbons (Fsp3) is 0.318. The molecule has 0 unspecified atom stereocenters. The van der Waals surface area contributed by atoms with E-state index in [0.29, 0.717) is 29.8 Å². The number of nitrogens with one attached hydrogen (secondary N) is 2. The first kappa shape index (κ1) is 22.7. The van der Waals surface area contributed by atoms with Gasteiger partial charge in [0.1, 0.15) is 17.6 Å². The van der Waals surface area contributed by atoms with Crippen molar-refractivity contribution in [1.29, 1.82) is 5.26 Å². The molecule has 2 heterocycles. The molecule has 0 spiro atoms. The van der Waals surface area contributed by atoms with Gasteiger partial charge >= 0.3 is 6.09 Å². The Labute approximate surface area is 193 Å². The monoisotopic (exact) mass is 469 g/mol. The molecule has 33 heavy (non-hydrogen) atoms. The number of pyridine rings is 1. The third-order valence-electron chi connectivity index (χ3n) is 5.85. The number of amidine groups is 1. The average molecular weight is 469 g/mol. The van der Waals surface area contributed by atoms with E-state index >= 15 is 4.39 Å². The number of methoxy groups -OCH3 is 1. The number of benzene rings is 1. The van der Waals surface area contributed by atoms with E-state index in [2.05, 4.69) is 20.6 Å². The summed E-state index contributed by atoms with van der Waals surface area (Å²) in [5, 5.41) is 23.2. The van der Waals surface area contributed by atoms with Crippen molar-refractivity contribution in [2.75, 3.05) is 18.2 Å². The second kappa shape index (κ2) is 9.17. The Morgan fingerprint density at radius 2 is 2.15 bits per heavy atom. The number of hydrogen-bond donors (Lipinski definition) is 3. The maximum absolute atomic E-state index is 15.1. The fourth-order valence-corrected chi connectivity index (χ4v) is 5.45. The normalized spacial score (nSPS) is 23.7. The first-order chi connectivity index (χ1) is 15.8. The summed E-state index contributed by atoms with van der Waals surface area (Å²) < 4.78 is 20.7. The van der Waals surface area contributed by atoms with Crippen LogP contribution < -0.4 is 10.6 Å². The minimum Gasteiger partial charge on any atom is -0.465 e. The van der Waals surface area contributed by atoms with Crippen LogP contribution in [0.5, 0.6) is 0 Å². The van der Waals surface area contributed by atoms with Gasteiger partial charge in [0.15, 0.2) is 5.17 Å². The second-order valence-corrected chi connectivity index (χ2v) is 8.78. The van der Waals surface area contributed by atoms with E-state index in [1.165, 1.54) is 48.3 Å². The second-order valence-electron chi connectivity index (χ2n) is 7.77. The standard InChI is InChI=1S/C22H20FN5O4S/c1-32-15-6-13-11-33-20(27-21(30)31)28-22(13,8-15)16-7-14(3-4-17(16)23)26-19(29)18-5-2-12(9-24)10-25-18/h2-5,7,10,13,15H,6,8,11H2,1H3,(H,26,29)(H,27,28)(H,30,31)/t13-,15-,22-/m0/s1. The van der Waals surface area contributed by atoms with E-state index in [4.69, 9.17) is 15.1 Å². The molecule has 11 heteroatoms. The maximum atomic E-state index is 15.1. The molecule has 1 fully saturated rings. The fourth-order valence-electron chi connectivity index (χ4n) is 4.29. The minimum absolute atomic E-state index is 0.0764. The van der Waals surface area contributed by atoms with E-state index in [0.717, 1.165) is 0 Å². The quantitative estimate of drug-likeness (QED) is 0.625. The van der Waals surface area contributed by atoms with Crippen LogP contribution in [-0.4, -0.2) is 46.2 Å². The number of ether oxygens (including phenoxy) is 1. The van der Waals surface area contributed by atoms with Crippen molar-refractivity contribution >= 4 is 34.6 Å². The molecule has 1 aliphatic heterocycles. The number of carbonyl (C=O) groups excluding carboxylic acids is 1. The molecule has 0 radical (unpaired) electrons. The topological polar surface area (TPSA) is 137 Å². The van der Waals surface area contributed by atoms with Crippen LogP contribution in [0.15, 0.2) is 41.5 Å². The molecule has 0 saturated heterocycles. The van der Waals surface area contributed by atoms with Crippen LogP contribution in [0.3, 0.4) is 0 Å². The first-order valence-electron chi connectivity index (χ1n) is 10.1. The smallest absolute Gasteiger partial charge is 0.410 e. The van der Waals surface area contributed by atoms with Gasteiger partial charge in [0.2, 0.25) is 0 Å².